The third-order valence-electron chi connectivity index (χ3n) is 1.98. The minimum Gasteiger partial charge on any atom is -0.502 e. The van der Waals surface area contributed by atoms with Crippen LogP contribution < -0.4 is 4.74 Å². The Kier molecular flexibility index (Phi) is 4.37. The first-order valence-corrected chi connectivity index (χ1v) is 5.23. The highest BCUT2D eigenvalue weighted by Crippen LogP contribution is 2.36. The van der Waals surface area contributed by atoms with Crippen molar-refractivity contribution in [3.8, 4) is 11.5 Å². The van der Waals surface area contributed by atoms with Gasteiger partial charge in [-0.2, -0.15) is 0 Å². The summed E-state index contributed by atoms with van der Waals surface area (Å²) in [5.74, 6) is -0.181. The topological polar surface area (TPSA) is 72.6 Å². The Hall–Kier alpha value is -1.49. The molecule has 6 heteroatoms. The van der Waals surface area contributed by atoms with E-state index in [0.717, 1.165) is 25.0 Å². The fourth-order valence-electron chi connectivity index (χ4n) is 1.12. The summed E-state index contributed by atoms with van der Waals surface area (Å²) in [5.41, 5.74) is -0.423. The molecular weight excluding hydrogens is 234 g/mol. The second-order valence-corrected chi connectivity index (χ2v) is 3.64. The number of rotatable bonds is 5. The number of nitro groups is 1. The summed E-state index contributed by atoms with van der Waals surface area (Å²) < 4.78 is 5.28. The number of phenols is 1. The summed E-state index contributed by atoms with van der Waals surface area (Å²) in [5, 5.41) is 20.0. The number of nitrogens with zero attached hydrogens (tertiary/aromatic N) is 1. The van der Waals surface area contributed by atoms with Crippen molar-refractivity contribution in [3.63, 3.8) is 0 Å². The fraction of sp³-hybridized carbons (Fsp3) is 0.400. The molecule has 16 heavy (non-hydrogen) atoms. The number of benzene rings is 1. The Morgan fingerprint density at radius 3 is 2.81 bits per heavy atom. The molecule has 88 valence electrons. The molecule has 0 unspecified atom stereocenters. The lowest BCUT2D eigenvalue weighted by Crippen LogP contribution is -1.98. The molecular formula is C10H12ClNO4. The average Bonchev–Trinajstić information content (AvgIpc) is 2.22. The van der Waals surface area contributed by atoms with Crippen LogP contribution in [0.1, 0.15) is 19.8 Å². The highest BCUT2D eigenvalue weighted by atomic mass is 35.5. The molecule has 0 bridgehead atoms. The highest BCUT2D eigenvalue weighted by molar-refractivity contribution is 6.32. The van der Waals surface area contributed by atoms with Crippen LogP contribution in [0.5, 0.6) is 11.5 Å². The van der Waals surface area contributed by atoms with Crippen molar-refractivity contribution in [1.29, 1.82) is 0 Å². The van der Waals surface area contributed by atoms with Gasteiger partial charge in [0.2, 0.25) is 0 Å². The average molecular weight is 246 g/mol. The molecule has 0 radical (unpaired) electrons. The van der Waals surface area contributed by atoms with E-state index in [4.69, 9.17) is 16.3 Å². The van der Waals surface area contributed by atoms with Crippen LogP contribution in [0.15, 0.2) is 12.1 Å². The van der Waals surface area contributed by atoms with E-state index in [1.165, 1.54) is 0 Å². The quantitative estimate of drug-likeness (QED) is 0.491. The van der Waals surface area contributed by atoms with Crippen molar-refractivity contribution in [2.24, 2.45) is 0 Å². The maximum absolute atomic E-state index is 10.5. The minimum atomic E-state index is -0.697. The summed E-state index contributed by atoms with van der Waals surface area (Å²) in [6.07, 6.45) is 1.82. The summed E-state index contributed by atoms with van der Waals surface area (Å²) in [6.45, 7) is 2.48. The van der Waals surface area contributed by atoms with Crippen LogP contribution in [0.4, 0.5) is 5.69 Å². The van der Waals surface area contributed by atoms with Gasteiger partial charge in [0.15, 0.2) is 5.75 Å². The summed E-state index contributed by atoms with van der Waals surface area (Å²) in [4.78, 5) is 9.79. The van der Waals surface area contributed by atoms with Crippen molar-refractivity contribution >= 4 is 17.3 Å². The first-order chi connectivity index (χ1) is 7.56. The minimum absolute atomic E-state index is 0.126. The Labute approximate surface area is 97.8 Å². The van der Waals surface area contributed by atoms with Gasteiger partial charge in [0.1, 0.15) is 5.75 Å². The molecule has 0 spiro atoms. The Bertz CT molecular complexity index is 395. The zero-order valence-electron chi connectivity index (χ0n) is 8.77. The number of hydrogen-bond donors (Lipinski definition) is 1. The molecule has 0 saturated carbocycles. The molecule has 1 rings (SSSR count). The molecule has 0 atom stereocenters. The number of phenolic OH excluding ortho intramolecular Hbond substituents is 1. The van der Waals surface area contributed by atoms with E-state index < -0.39 is 16.4 Å². The molecule has 0 aliphatic rings. The predicted octanol–water partition coefficient (Wildman–Crippen LogP) is 3.13. The lowest BCUT2D eigenvalue weighted by atomic mass is 10.3. The molecule has 1 aromatic rings. The van der Waals surface area contributed by atoms with Gasteiger partial charge in [-0.05, 0) is 6.42 Å². The SMILES string of the molecule is CCCCOc1cc(O)c([N+](=O)[O-])cc1Cl. The van der Waals surface area contributed by atoms with E-state index in [2.05, 4.69) is 0 Å². The van der Waals surface area contributed by atoms with Crippen molar-refractivity contribution in [2.45, 2.75) is 19.8 Å². The third-order valence-corrected chi connectivity index (χ3v) is 2.28. The third kappa shape index (κ3) is 3.00. The number of aromatic hydroxyl groups is 1. The van der Waals surface area contributed by atoms with Gasteiger partial charge in [0, 0.05) is 12.1 Å². The Morgan fingerprint density at radius 1 is 1.56 bits per heavy atom. The first kappa shape index (κ1) is 12.6. The van der Waals surface area contributed by atoms with E-state index in [9.17, 15) is 15.2 Å². The number of halogens is 1. The maximum Gasteiger partial charge on any atom is 0.312 e. The van der Waals surface area contributed by atoms with E-state index in [1.807, 2.05) is 6.92 Å². The van der Waals surface area contributed by atoms with Crippen molar-refractivity contribution in [1.82, 2.24) is 0 Å². The van der Waals surface area contributed by atoms with Crippen molar-refractivity contribution in [2.75, 3.05) is 6.61 Å². The second-order valence-electron chi connectivity index (χ2n) is 3.23. The molecule has 0 aliphatic heterocycles. The van der Waals surface area contributed by atoms with E-state index in [1.54, 1.807) is 0 Å². The van der Waals surface area contributed by atoms with E-state index >= 15 is 0 Å². The molecule has 0 amide bonds. The van der Waals surface area contributed by atoms with Gasteiger partial charge in [0.25, 0.3) is 0 Å². The van der Waals surface area contributed by atoms with E-state index in [-0.39, 0.29) is 10.8 Å². The molecule has 0 heterocycles. The zero-order chi connectivity index (χ0) is 12.1. The van der Waals surface area contributed by atoms with Crippen LogP contribution in [0.25, 0.3) is 0 Å². The van der Waals surface area contributed by atoms with Gasteiger partial charge < -0.3 is 9.84 Å². The number of nitro benzene ring substituents is 1. The van der Waals surface area contributed by atoms with Crippen LogP contribution in [0, 0.1) is 10.1 Å². The number of ether oxygens (including phenoxy) is 1. The van der Waals surface area contributed by atoms with Gasteiger partial charge in [-0.15, -0.1) is 0 Å². The van der Waals surface area contributed by atoms with Crippen molar-refractivity contribution < 1.29 is 14.8 Å². The van der Waals surface area contributed by atoms with Crippen molar-refractivity contribution in [3.05, 3.63) is 27.3 Å². The Balaban J connectivity index is 2.88. The van der Waals surface area contributed by atoms with Crippen LogP contribution >= 0.6 is 11.6 Å². The van der Waals surface area contributed by atoms with Gasteiger partial charge in [-0.3, -0.25) is 10.1 Å². The van der Waals surface area contributed by atoms with Crippen LogP contribution in [0.3, 0.4) is 0 Å². The largest absolute Gasteiger partial charge is 0.502 e. The van der Waals surface area contributed by atoms with Gasteiger partial charge in [-0.1, -0.05) is 24.9 Å². The van der Waals surface area contributed by atoms with Gasteiger partial charge in [-0.25, -0.2) is 0 Å². The molecule has 0 fully saturated rings. The maximum atomic E-state index is 10.5. The van der Waals surface area contributed by atoms with Gasteiger partial charge >= 0.3 is 5.69 Å². The Morgan fingerprint density at radius 2 is 2.25 bits per heavy atom. The first-order valence-electron chi connectivity index (χ1n) is 4.86. The molecule has 0 saturated heterocycles. The van der Waals surface area contributed by atoms with Gasteiger partial charge in [0.05, 0.1) is 16.6 Å². The van der Waals surface area contributed by atoms with Crippen LogP contribution in [0.2, 0.25) is 5.02 Å². The zero-order valence-corrected chi connectivity index (χ0v) is 9.53. The summed E-state index contributed by atoms with van der Waals surface area (Å²) >= 11 is 5.78. The van der Waals surface area contributed by atoms with Crippen LogP contribution in [-0.2, 0) is 0 Å². The number of hydrogen-bond acceptors (Lipinski definition) is 4. The smallest absolute Gasteiger partial charge is 0.312 e. The molecule has 1 N–H and O–H groups in total. The van der Waals surface area contributed by atoms with Crippen LogP contribution in [-0.4, -0.2) is 16.6 Å². The molecule has 5 nitrogen and oxygen atoms in total. The standard InChI is InChI=1S/C10H12ClNO4/c1-2-3-4-16-10-6-9(13)8(12(14)15)5-7(10)11/h5-6,13H,2-4H2,1H3. The lowest BCUT2D eigenvalue weighted by molar-refractivity contribution is -0.385. The monoisotopic (exact) mass is 245 g/mol. The molecule has 0 aromatic heterocycles. The fourth-order valence-corrected chi connectivity index (χ4v) is 1.33. The predicted molar refractivity (Wildman–Crippen MR) is 60.2 cm³/mol. The highest BCUT2D eigenvalue weighted by Gasteiger charge is 2.17. The summed E-state index contributed by atoms with van der Waals surface area (Å²) in [7, 11) is 0. The normalized spacial score (nSPS) is 10.1. The molecule has 0 aliphatic carbocycles. The summed E-state index contributed by atoms with van der Waals surface area (Å²) in [6, 6.07) is 2.24. The van der Waals surface area contributed by atoms with E-state index in [0.29, 0.717) is 6.61 Å². The number of unbranched alkanes of at least 4 members (excludes halogenated alkanes) is 1. The lowest BCUT2D eigenvalue weighted by Gasteiger charge is -2.07. The molecule has 1 aromatic carbocycles. The second kappa shape index (κ2) is 5.55.